The first-order valence-electron chi connectivity index (χ1n) is 6.41. The molecule has 1 aromatic carbocycles. The average molecular weight is 270 g/mol. The number of aromatic nitrogens is 1. The summed E-state index contributed by atoms with van der Waals surface area (Å²) < 4.78 is 5.60. The van der Waals surface area contributed by atoms with Gasteiger partial charge in [0.2, 0.25) is 0 Å². The minimum absolute atomic E-state index is 0.310. The van der Waals surface area contributed by atoms with Crippen molar-refractivity contribution in [3.8, 4) is 6.07 Å². The zero-order valence-corrected chi connectivity index (χ0v) is 11.3. The molecule has 1 saturated heterocycles. The molecule has 1 unspecified atom stereocenters. The number of nitrogens with zero attached hydrogens (tertiary/aromatic N) is 2. The van der Waals surface area contributed by atoms with Crippen LogP contribution >= 0.6 is 11.8 Å². The number of fused-ring (bicyclic) bond motifs is 1. The van der Waals surface area contributed by atoms with Crippen LogP contribution in [0.4, 0.5) is 0 Å². The predicted molar refractivity (Wildman–Crippen MR) is 76.2 cm³/mol. The van der Waals surface area contributed by atoms with Crippen molar-refractivity contribution in [2.24, 2.45) is 0 Å². The van der Waals surface area contributed by atoms with E-state index in [2.05, 4.69) is 11.1 Å². The van der Waals surface area contributed by atoms with Gasteiger partial charge in [-0.05, 0) is 25.0 Å². The van der Waals surface area contributed by atoms with Crippen LogP contribution in [0.15, 0.2) is 35.4 Å². The molecule has 0 radical (unpaired) electrons. The van der Waals surface area contributed by atoms with Gasteiger partial charge in [0.25, 0.3) is 0 Å². The Morgan fingerprint density at radius 2 is 2.32 bits per heavy atom. The van der Waals surface area contributed by atoms with E-state index in [0.29, 0.717) is 11.7 Å². The minimum atomic E-state index is 0.310. The molecule has 0 amide bonds. The van der Waals surface area contributed by atoms with E-state index in [0.717, 1.165) is 41.1 Å². The third-order valence-electron chi connectivity index (χ3n) is 3.24. The van der Waals surface area contributed by atoms with E-state index in [9.17, 15) is 5.26 Å². The van der Waals surface area contributed by atoms with Crippen molar-refractivity contribution >= 4 is 22.7 Å². The number of hydrogen-bond acceptors (Lipinski definition) is 4. The van der Waals surface area contributed by atoms with Crippen LogP contribution in [0.5, 0.6) is 0 Å². The van der Waals surface area contributed by atoms with Gasteiger partial charge >= 0.3 is 0 Å². The molecule has 1 fully saturated rings. The van der Waals surface area contributed by atoms with E-state index in [1.165, 1.54) is 0 Å². The molecule has 1 aromatic heterocycles. The monoisotopic (exact) mass is 270 g/mol. The molecule has 3 rings (SSSR count). The van der Waals surface area contributed by atoms with Crippen molar-refractivity contribution in [3.05, 3.63) is 35.9 Å². The lowest BCUT2D eigenvalue weighted by Gasteiger charge is -2.09. The van der Waals surface area contributed by atoms with E-state index in [1.807, 2.05) is 30.3 Å². The number of para-hydroxylation sites is 1. The van der Waals surface area contributed by atoms with Gasteiger partial charge in [-0.25, -0.2) is 4.98 Å². The average Bonchev–Trinajstić information content (AvgIpc) is 2.97. The quantitative estimate of drug-likeness (QED) is 0.802. The highest BCUT2D eigenvalue weighted by Gasteiger charge is 2.17. The van der Waals surface area contributed by atoms with E-state index in [-0.39, 0.29) is 0 Å². The fourth-order valence-corrected chi connectivity index (χ4v) is 3.27. The Hall–Kier alpha value is -1.57. The van der Waals surface area contributed by atoms with Crippen molar-refractivity contribution in [2.75, 3.05) is 12.4 Å². The van der Waals surface area contributed by atoms with Gasteiger partial charge in [-0.2, -0.15) is 5.26 Å². The van der Waals surface area contributed by atoms with Crippen LogP contribution in [-0.4, -0.2) is 23.4 Å². The standard InChI is InChI=1S/C15H14N2OS/c16-9-12-8-11-4-1-2-6-14(11)17-15(12)19-10-13-5-3-7-18-13/h1-2,4,6,8,13H,3,5,7,10H2. The van der Waals surface area contributed by atoms with E-state index < -0.39 is 0 Å². The normalized spacial score (nSPS) is 18.6. The number of rotatable bonds is 3. The zero-order chi connectivity index (χ0) is 13.1. The second-order valence-electron chi connectivity index (χ2n) is 4.59. The zero-order valence-electron chi connectivity index (χ0n) is 10.5. The van der Waals surface area contributed by atoms with Gasteiger partial charge in [-0.15, -0.1) is 11.8 Å². The second kappa shape index (κ2) is 5.60. The molecule has 4 heteroatoms. The lowest BCUT2D eigenvalue weighted by Crippen LogP contribution is -2.08. The molecule has 96 valence electrons. The molecule has 0 saturated carbocycles. The molecule has 1 atom stereocenters. The van der Waals surface area contributed by atoms with Crippen molar-refractivity contribution in [3.63, 3.8) is 0 Å². The molecule has 0 bridgehead atoms. The third-order valence-corrected chi connectivity index (χ3v) is 4.36. The van der Waals surface area contributed by atoms with Crippen molar-refractivity contribution < 1.29 is 4.74 Å². The van der Waals surface area contributed by atoms with Crippen LogP contribution in [0.3, 0.4) is 0 Å². The number of pyridine rings is 1. The van der Waals surface area contributed by atoms with Gasteiger partial charge in [-0.3, -0.25) is 0 Å². The lowest BCUT2D eigenvalue weighted by molar-refractivity contribution is 0.129. The third kappa shape index (κ3) is 2.73. The highest BCUT2D eigenvalue weighted by molar-refractivity contribution is 7.99. The summed E-state index contributed by atoms with van der Waals surface area (Å²) >= 11 is 1.63. The highest BCUT2D eigenvalue weighted by atomic mass is 32.2. The lowest BCUT2D eigenvalue weighted by atomic mass is 10.2. The molecule has 2 heterocycles. The molecule has 0 N–H and O–H groups in total. The summed E-state index contributed by atoms with van der Waals surface area (Å²) in [5.74, 6) is 0.875. The van der Waals surface area contributed by atoms with Crippen molar-refractivity contribution in [1.82, 2.24) is 4.98 Å². The SMILES string of the molecule is N#Cc1cc2ccccc2nc1SCC1CCCO1. The summed E-state index contributed by atoms with van der Waals surface area (Å²) in [5.41, 5.74) is 1.60. The highest BCUT2D eigenvalue weighted by Crippen LogP contribution is 2.27. The van der Waals surface area contributed by atoms with Gasteiger partial charge in [-0.1, -0.05) is 18.2 Å². The Kier molecular flexibility index (Phi) is 3.67. The van der Waals surface area contributed by atoms with Crippen molar-refractivity contribution in [2.45, 2.75) is 24.0 Å². The van der Waals surface area contributed by atoms with Crippen LogP contribution in [0, 0.1) is 11.3 Å². The molecule has 1 aliphatic rings. The molecule has 0 aliphatic carbocycles. The molecule has 19 heavy (non-hydrogen) atoms. The molecular weight excluding hydrogens is 256 g/mol. The topological polar surface area (TPSA) is 45.9 Å². The fourth-order valence-electron chi connectivity index (χ4n) is 2.24. The first kappa shape index (κ1) is 12.5. The number of nitriles is 1. The molecule has 1 aliphatic heterocycles. The summed E-state index contributed by atoms with van der Waals surface area (Å²) in [6.45, 7) is 0.863. The molecule has 2 aromatic rings. The maximum absolute atomic E-state index is 9.24. The Labute approximate surface area is 116 Å². The molecule has 0 spiro atoms. The van der Waals surface area contributed by atoms with Crippen LogP contribution < -0.4 is 0 Å². The van der Waals surface area contributed by atoms with Crippen LogP contribution in [-0.2, 0) is 4.74 Å². The predicted octanol–water partition coefficient (Wildman–Crippen LogP) is 3.38. The minimum Gasteiger partial charge on any atom is -0.377 e. The Balaban J connectivity index is 1.86. The first-order chi connectivity index (χ1) is 9.36. The maximum atomic E-state index is 9.24. The second-order valence-corrected chi connectivity index (χ2v) is 5.60. The van der Waals surface area contributed by atoms with Gasteiger partial charge in [0.1, 0.15) is 11.1 Å². The van der Waals surface area contributed by atoms with E-state index in [1.54, 1.807) is 11.8 Å². The molecular formula is C15H14N2OS. The summed E-state index contributed by atoms with van der Waals surface area (Å²) in [6, 6.07) is 12.0. The number of hydrogen-bond donors (Lipinski definition) is 0. The Morgan fingerprint density at radius 3 is 3.11 bits per heavy atom. The Morgan fingerprint density at radius 1 is 1.42 bits per heavy atom. The maximum Gasteiger partial charge on any atom is 0.115 e. The largest absolute Gasteiger partial charge is 0.377 e. The Bertz CT molecular complexity index is 630. The van der Waals surface area contributed by atoms with Crippen LogP contribution in [0.1, 0.15) is 18.4 Å². The van der Waals surface area contributed by atoms with Crippen LogP contribution in [0.2, 0.25) is 0 Å². The summed E-state index contributed by atoms with van der Waals surface area (Å²) in [6.07, 6.45) is 2.56. The van der Waals surface area contributed by atoms with Gasteiger partial charge in [0.05, 0.1) is 17.2 Å². The number of thioether (sulfide) groups is 1. The molecule has 3 nitrogen and oxygen atoms in total. The van der Waals surface area contributed by atoms with E-state index in [4.69, 9.17) is 4.74 Å². The van der Waals surface area contributed by atoms with Gasteiger partial charge < -0.3 is 4.74 Å². The smallest absolute Gasteiger partial charge is 0.115 e. The van der Waals surface area contributed by atoms with Crippen molar-refractivity contribution in [1.29, 1.82) is 5.26 Å². The summed E-state index contributed by atoms with van der Waals surface area (Å²) in [5, 5.41) is 11.1. The first-order valence-corrected chi connectivity index (χ1v) is 7.39. The fraction of sp³-hybridized carbons (Fsp3) is 0.333. The van der Waals surface area contributed by atoms with Gasteiger partial charge in [0.15, 0.2) is 0 Å². The number of benzene rings is 1. The number of ether oxygens (including phenoxy) is 1. The van der Waals surface area contributed by atoms with Crippen LogP contribution in [0.25, 0.3) is 10.9 Å². The van der Waals surface area contributed by atoms with Gasteiger partial charge in [0, 0.05) is 17.7 Å². The van der Waals surface area contributed by atoms with E-state index >= 15 is 0 Å². The summed E-state index contributed by atoms with van der Waals surface area (Å²) in [4.78, 5) is 4.59. The summed E-state index contributed by atoms with van der Waals surface area (Å²) in [7, 11) is 0.